The fourth-order valence-electron chi connectivity index (χ4n) is 1.97. The van der Waals surface area contributed by atoms with Gasteiger partial charge in [-0.15, -0.1) is 0 Å². The number of hydrogen-bond donors (Lipinski definition) is 2. The molecular formula is C15H17NO5. The lowest BCUT2D eigenvalue weighted by Gasteiger charge is -2.11. The van der Waals surface area contributed by atoms with Crippen LogP contribution >= 0.6 is 0 Å². The average molecular weight is 291 g/mol. The molecule has 0 unspecified atom stereocenters. The van der Waals surface area contributed by atoms with Crippen molar-refractivity contribution >= 4 is 11.7 Å². The zero-order valence-electron chi connectivity index (χ0n) is 12.1. The Bertz CT molecular complexity index is 648. The van der Waals surface area contributed by atoms with Crippen molar-refractivity contribution < 1.29 is 23.8 Å². The quantitative estimate of drug-likeness (QED) is 0.851. The van der Waals surface area contributed by atoms with E-state index in [-0.39, 0.29) is 5.56 Å². The van der Waals surface area contributed by atoms with Crippen molar-refractivity contribution in [3.8, 4) is 11.5 Å². The number of nitrogens with one attached hydrogen (secondary N) is 1. The lowest BCUT2D eigenvalue weighted by molar-refractivity contribution is 0.0695. The molecule has 0 aliphatic heterocycles. The van der Waals surface area contributed by atoms with Crippen LogP contribution in [0.25, 0.3) is 0 Å². The zero-order chi connectivity index (χ0) is 15.4. The molecule has 0 radical (unpaired) electrons. The number of ether oxygens (including phenoxy) is 2. The first-order valence-corrected chi connectivity index (χ1v) is 6.33. The van der Waals surface area contributed by atoms with E-state index in [1.165, 1.54) is 6.07 Å². The van der Waals surface area contributed by atoms with Gasteiger partial charge in [-0.25, -0.2) is 4.79 Å². The first-order valence-electron chi connectivity index (χ1n) is 6.33. The fraction of sp³-hybridized carbons (Fsp3) is 0.267. The normalized spacial score (nSPS) is 10.2. The minimum absolute atomic E-state index is 0.175. The van der Waals surface area contributed by atoms with Gasteiger partial charge in [0.15, 0.2) is 0 Å². The van der Waals surface area contributed by atoms with Gasteiger partial charge in [-0.2, -0.15) is 0 Å². The molecule has 0 saturated heterocycles. The molecule has 1 aromatic heterocycles. The van der Waals surface area contributed by atoms with Gasteiger partial charge in [0.1, 0.15) is 28.6 Å². The maximum Gasteiger partial charge on any atom is 0.339 e. The highest BCUT2D eigenvalue weighted by atomic mass is 16.5. The standard InChI is InChI=1S/C15H17NO5/c1-9-12(15(17)18)6-11(21-9)8-16-13-5-4-10(19-2)7-14(13)20-3/h4-7,16H,8H2,1-3H3,(H,17,18). The molecule has 0 atom stereocenters. The van der Waals surface area contributed by atoms with E-state index in [1.807, 2.05) is 6.07 Å². The Kier molecular flexibility index (Phi) is 4.37. The summed E-state index contributed by atoms with van der Waals surface area (Å²) in [6.45, 7) is 1.98. The van der Waals surface area contributed by atoms with Crippen molar-refractivity contribution in [2.24, 2.45) is 0 Å². The van der Waals surface area contributed by atoms with E-state index in [0.29, 0.717) is 29.6 Å². The van der Waals surface area contributed by atoms with Crippen LogP contribution in [-0.2, 0) is 6.54 Å². The first kappa shape index (κ1) is 14.8. The van der Waals surface area contributed by atoms with Crippen LogP contribution in [-0.4, -0.2) is 25.3 Å². The van der Waals surface area contributed by atoms with E-state index < -0.39 is 5.97 Å². The predicted octanol–water partition coefficient (Wildman–Crippen LogP) is 2.92. The number of carboxylic acids is 1. The molecule has 0 fully saturated rings. The number of methoxy groups -OCH3 is 2. The molecular weight excluding hydrogens is 274 g/mol. The van der Waals surface area contributed by atoms with Gasteiger partial charge in [0, 0.05) is 6.07 Å². The molecule has 6 heteroatoms. The van der Waals surface area contributed by atoms with Crippen LogP contribution < -0.4 is 14.8 Å². The summed E-state index contributed by atoms with van der Waals surface area (Å²) in [6.07, 6.45) is 0. The summed E-state index contributed by atoms with van der Waals surface area (Å²) in [7, 11) is 3.15. The highest BCUT2D eigenvalue weighted by molar-refractivity contribution is 5.88. The van der Waals surface area contributed by atoms with Crippen molar-refractivity contribution in [3.05, 3.63) is 41.3 Å². The third-order valence-electron chi connectivity index (χ3n) is 3.06. The van der Waals surface area contributed by atoms with Crippen LogP contribution in [0.15, 0.2) is 28.7 Å². The van der Waals surface area contributed by atoms with E-state index in [2.05, 4.69) is 5.32 Å². The summed E-state index contributed by atoms with van der Waals surface area (Å²) >= 11 is 0. The summed E-state index contributed by atoms with van der Waals surface area (Å²) in [4.78, 5) is 11.0. The molecule has 2 N–H and O–H groups in total. The molecule has 0 spiro atoms. The van der Waals surface area contributed by atoms with Crippen LogP contribution in [0, 0.1) is 6.92 Å². The van der Waals surface area contributed by atoms with Crippen LogP contribution in [0.2, 0.25) is 0 Å². The molecule has 0 aliphatic rings. The Morgan fingerprint density at radius 3 is 2.62 bits per heavy atom. The van der Waals surface area contributed by atoms with Crippen LogP contribution in [0.1, 0.15) is 21.9 Å². The van der Waals surface area contributed by atoms with E-state index in [4.69, 9.17) is 19.0 Å². The first-order chi connectivity index (χ1) is 10.0. The second-order valence-electron chi connectivity index (χ2n) is 4.41. The highest BCUT2D eigenvalue weighted by Gasteiger charge is 2.14. The minimum atomic E-state index is -0.996. The van der Waals surface area contributed by atoms with Gasteiger partial charge in [-0.3, -0.25) is 0 Å². The highest BCUT2D eigenvalue weighted by Crippen LogP contribution is 2.29. The van der Waals surface area contributed by atoms with Crippen LogP contribution in [0.5, 0.6) is 11.5 Å². The number of hydrogen-bond acceptors (Lipinski definition) is 5. The number of aryl methyl sites for hydroxylation is 1. The maximum absolute atomic E-state index is 11.0. The van der Waals surface area contributed by atoms with Crippen LogP contribution in [0.4, 0.5) is 5.69 Å². The Morgan fingerprint density at radius 1 is 1.29 bits per heavy atom. The van der Waals surface area contributed by atoms with Gasteiger partial charge >= 0.3 is 5.97 Å². The summed E-state index contributed by atoms with van der Waals surface area (Å²) in [5.41, 5.74) is 0.942. The Labute approximate surface area is 122 Å². The van der Waals surface area contributed by atoms with E-state index in [1.54, 1.807) is 33.3 Å². The molecule has 0 aliphatic carbocycles. The van der Waals surface area contributed by atoms with Crippen molar-refractivity contribution in [1.82, 2.24) is 0 Å². The second kappa shape index (κ2) is 6.21. The summed E-state index contributed by atoms with van der Waals surface area (Å²) in [5, 5.41) is 12.1. The lowest BCUT2D eigenvalue weighted by Crippen LogP contribution is -2.01. The Morgan fingerprint density at radius 2 is 2.05 bits per heavy atom. The summed E-state index contributed by atoms with van der Waals surface area (Å²) in [5.74, 6) is 1.27. The average Bonchev–Trinajstić information content (AvgIpc) is 2.86. The topological polar surface area (TPSA) is 80.9 Å². The number of rotatable bonds is 6. The van der Waals surface area contributed by atoms with Crippen LogP contribution in [0.3, 0.4) is 0 Å². The van der Waals surface area contributed by atoms with Gasteiger partial charge < -0.3 is 24.3 Å². The third kappa shape index (κ3) is 3.28. The molecule has 2 rings (SSSR count). The number of furan rings is 1. The summed E-state index contributed by atoms with van der Waals surface area (Å²) in [6, 6.07) is 6.91. The van der Waals surface area contributed by atoms with Gasteiger partial charge in [-0.05, 0) is 25.1 Å². The molecule has 21 heavy (non-hydrogen) atoms. The molecule has 1 aromatic carbocycles. The van der Waals surface area contributed by atoms with Gasteiger partial charge in [0.05, 0.1) is 26.5 Å². The van der Waals surface area contributed by atoms with Gasteiger partial charge in [-0.1, -0.05) is 0 Å². The molecule has 2 aromatic rings. The number of carboxylic acid groups (broad SMARTS) is 1. The molecule has 112 valence electrons. The third-order valence-corrected chi connectivity index (χ3v) is 3.06. The largest absolute Gasteiger partial charge is 0.497 e. The second-order valence-corrected chi connectivity index (χ2v) is 4.41. The van der Waals surface area contributed by atoms with Gasteiger partial charge in [0.25, 0.3) is 0 Å². The smallest absolute Gasteiger partial charge is 0.339 e. The predicted molar refractivity (Wildman–Crippen MR) is 77.3 cm³/mol. The molecule has 1 heterocycles. The number of anilines is 1. The van der Waals surface area contributed by atoms with Gasteiger partial charge in [0.2, 0.25) is 0 Å². The van der Waals surface area contributed by atoms with Crippen molar-refractivity contribution in [3.63, 3.8) is 0 Å². The van der Waals surface area contributed by atoms with Crippen molar-refractivity contribution in [2.75, 3.05) is 19.5 Å². The molecule has 0 saturated carbocycles. The monoisotopic (exact) mass is 291 g/mol. The number of benzene rings is 1. The number of aromatic carboxylic acids is 1. The van der Waals surface area contributed by atoms with E-state index >= 15 is 0 Å². The molecule has 0 amide bonds. The fourth-order valence-corrected chi connectivity index (χ4v) is 1.97. The van der Waals surface area contributed by atoms with Crippen molar-refractivity contribution in [1.29, 1.82) is 0 Å². The van der Waals surface area contributed by atoms with E-state index in [0.717, 1.165) is 5.69 Å². The molecule has 6 nitrogen and oxygen atoms in total. The Balaban J connectivity index is 2.12. The minimum Gasteiger partial charge on any atom is -0.497 e. The zero-order valence-corrected chi connectivity index (χ0v) is 12.1. The van der Waals surface area contributed by atoms with E-state index in [9.17, 15) is 4.79 Å². The summed E-state index contributed by atoms with van der Waals surface area (Å²) < 4.78 is 15.8. The number of carbonyl (C=O) groups is 1. The molecule has 0 bridgehead atoms. The maximum atomic E-state index is 11.0. The SMILES string of the molecule is COc1ccc(NCc2cc(C(=O)O)c(C)o2)c(OC)c1. The van der Waals surface area contributed by atoms with Crippen molar-refractivity contribution in [2.45, 2.75) is 13.5 Å². The lowest BCUT2D eigenvalue weighted by atomic mass is 10.2. The Hall–Kier alpha value is -2.63.